The fraction of sp³-hybridized carbons (Fsp3) is 0.812. The zero-order valence-corrected chi connectivity index (χ0v) is 12.9. The Morgan fingerprint density at radius 2 is 2.05 bits per heavy atom. The van der Waals surface area contributed by atoms with Gasteiger partial charge in [-0.05, 0) is 50.6 Å². The van der Waals surface area contributed by atoms with Crippen molar-refractivity contribution in [3.63, 3.8) is 0 Å². The van der Waals surface area contributed by atoms with Crippen LogP contribution in [-0.4, -0.2) is 37.1 Å². The molecule has 1 atom stereocenters. The van der Waals surface area contributed by atoms with Gasteiger partial charge in [0.05, 0.1) is 6.61 Å². The predicted octanol–water partition coefficient (Wildman–Crippen LogP) is 3.25. The number of ether oxygens (including phenoxy) is 1. The monoisotopic (exact) mass is 267 g/mol. The first kappa shape index (κ1) is 16.2. The highest BCUT2D eigenvalue weighted by molar-refractivity contribution is 5.81. The van der Waals surface area contributed by atoms with Gasteiger partial charge in [-0.25, -0.2) is 4.79 Å². The number of rotatable bonds is 4. The maximum Gasteiger partial charge on any atom is 0.330 e. The summed E-state index contributed by atoms with van der Waals surface area (Å²) in [5.41, 5.74) is 0.413. The third kappa shape index (κ3) is 6.24. The van der Waals surface area contributed by atoms with Crippen LogP contribution in [0.3, 0.4) is 0 Å². The van der Waals surface area contributed by atoms with Gasteiger partial charge in [-0.15, -0.1) is 0 Å². The van der Waals surface area contributed by atoms with E-state index in [1.165, 1.54) is 19.3 Å². The molecule has 0 N–H and O–H groups in total. The van der Waals surface area contributed by atoms with E-state index in [2.05, 4.69) is 25.7 Å². The van der Waals surface area contributed by atoms with Crippen molar-refractivity contribution in [3.8, 4) is 0 Å². The number of hydrogen-bond donors (Lipinski definition) is 0. The van der Waals surface area contributed by atoms with E-state index < -0.39 is 0 Å². The van der Waals surface area contributed by atoms with Gasteiger partial charge in [0.25, 0.3) is 0 Å². The molecule has 0 spiro atoms. The van der Waals surface area contributed by atoms with Crippen molar-refractivity contribution in [2.24, 2.45) is 11.3 Å². The summed E-state index contributed by atoms with van der Waals surface area (Å²) in [5, 5.41) is 0. The minimum Gasteiger partial charge on any atom is -0.463 e. The van der Waals surface area contributed by atoms with E-state index >= 15 is 0 Å². The van der Waals surface area contributed by atoms with Gasteiger partial charge in [-0.1, -0.05) is 26.8 Å². The smallest absolute Gasteiger partial charge is 0.330 e. The highest BCUT2D eigenvalue weighted by Gasteiger charge is 2.26. The molecule has 1 aliphatic heterocycles. The average Bonchev–Trinajstić information content (AvgIpc) is 2.54. The van der Waals surface area contributed by atoms with Crippen LogP contribution in [0.2, 0.25) is 0 Å². The van der Waals surface area contributed by atoms with E-state index in [1.807, 2.05) is 13.0 Å². The van der Waals surface area contributed by atoms with Crippen molar-refractivity contribution in [3.05, 3.63) is 12.2 Å². The molecule has 1 saturated heterocycles. The minimum absolute atomic E-state index is 0.232. The van der Waals surface area contributed by atoms with E-state index in [-0.39, 0.29) is 5.97 Å². The fourth-order valence-electron chi connectivity index (χ4n) is 2.69. The van der Waals surface area contributed by atoms with Gasteiger partial charge in [0.1, 0.15) is 0 Å². The lowest BCUT2D eigenvalue weighted by Crippen LogP contribution is -2.26. The second kappa shape index (κ2) is 7.68. The number of hydrogen-bond acceptors (Lipinski definition) is 3. The summed E-state index contributed by atoms with van der Waals surface area (Å²) in [6.07, 6.45) is 7.32. The molecular formula is C16H29NO2. The molecule has 110 valence electrons. The van der Waals surface area contributed by atoms with E-state index in [0.29, 0.717) is 12.0 Å². The second-order valence-electron chi connectivity index (χ2n) is 6.45. The first-order valence-electron chi connectivity index (χ1n) is 7.49. The zero-order valence-electron chi connectivity index (χ0n) is 12.9. The molecule has 1 unspecified atom stereocenters. The summed E-state index contributed by atoms with van der Waals surface area (Å²) in [4.78, 5) is 13.6. The molecule has 1 fully saturated rings. The Morgan fingerprint density at radius 1 is 1.32 bits per heavy atom. The van der Waals surface area contributed by atoms with Crippen molar-refractivity contribution in [2.75, 3.05) is 26.2 Å². The average molecular weight is 267 g/mol. The first-order chi connectivity index (χ1) is 8.93. The Hall–Kier alpha value is -0.830. The number of carbonyl (C=O) groups excluding carboxylic acids is 1. The van der Waals surface area contributed by atoms with Crippen molar-refractivity contribution in [2.45, 2.75) is 47.0 Å². The summed E-state index contributed by atoms with van der Waals surface area (Å²) in [5.74, 6) is 0.580. The van der Waals surface area contributed by atoms with Crippen molar-refractivity contribution in [1.82, 2.24) is 4.90 Å². The Balaban J connectivity index is 2.35. The van der Waals surface area contributed by atoms with E-state index in [0.717, 1.165) is 25.6 Å². The van der Waals surface area contributed by atoms with Gasteiger partial charge in [0, 0.05) is 12.6 Å². The molecule has 3 nitrogen and oxygen atoms in total. The van der Waals surface area contributed by atoms with Crippen LogP contribution in [0, 0.1) is 11.3 Å². The van der Waals surface area contributed by atoms with Gasteiger partial charge in [-0.3, -0.25) is 4.90 Å². The lowest BCUT2D eigenvalue weighted by Gasteiger charge is -2.29. The molecule has 1 aliphatic rings. The summed E-state index contributed by atoms with van der Waals surface area (Å²) in [6, 6.07) is 0. The largest absolute Gasteiger partial charge is 0.463 e. The van der Waals surface area contributed by atoms with E-state index in [4.69, 9.17) is 4.74 Å². The van der Waals surface area contributed by atoms with Crippen molar-refractivity contribution < 1.29 is 9.53 Å². The van der Waals surface area contributed by atoms with Crippen molar-refractivity contribution in [1.29, 1.82) is 0 Å². The number of likely N-dealkylation sites (tertiary alicyclic amines) is 1. The molecule has 0 bridgehead atoms. The van der Waals surface area contributed by atoms with Gasteiger partial charge < -0.3 is 4.74 Å². The molecule has 0 aliphatic carbocycles. The van der Waals surface area contributed by atoms with Gasteiger partial charge in [-0.2, -0.15) is 0 Å². The van der Waals surface area contributed by atoms with Crippen LogP contribution in [0.25, 0.3) is 0 Å². The summed E-state index contributed by atoms with van der Waals surface area (Å²) >= 11 is 0. The first-order valence-corrected chi connectivity index (χ1v) is 7.49. The molecule has 0 aromatic carbocycles. The topological polar surface area (TPSA) is 29.5 Å². The highest BCUT2D eigenvalue weighted by Crippen LogP contribution is 2.34. The molecule has 3 heteroatoms. The maximum absolute atomic E-state index is 11.2. The fourth-order valence-corrected chi connectivity index (χ4v) is 2.69. The standard InChI is InChI=1S/C16H29NO2/c1-5-19-15(18)9-7-12-17-11-6-8-14(10-13-17)16(2,3)4/h7,9,14H,5-6,8,10-13H2,1-4H3/b9-7+. The van der Waals surface area contributed by atoms with Gasteiger partial charge in [0.2, 0.25) is 0 Å². The van der Waals surface area contributed by atoms with Crippen molar-refractivity contribution >= 4 is 5.97 Å². The van der Waals surface area contributed by atoms with E-state index in [1.54, 1.807) is 6.08 Å². The van der Waals surface area contributed by atoms with Crippen LogP contribution in [0.15, 0.2) is 12.2 Å². The third-order valence-electron chi connectivity index (χ3n) is 3.95. The molecule has 1 rings (SSSR count). The Labute approximate surface area is 118 Å². The molecule has 0 radical (unpaired) electrons. The third-order valence-corrected chi connectivity index (χ3v) is 3.95. The van der Waals surface area contributed by atoms with Crippen LogP contribution in [-0.2, 0) is 9.53 Å². The minimum atomic E-state index is -0.232. The second-order valence-corrected chi connectivity index (χ2v) is 6.45. The molecule has 19 heavy (non-hydrogen) atoms. The predicted molar refractivity (Wildman–Crippen MR) is 79.0 cm³/mol. The number of esters is 1. The maximum atomic E-state index is 11.2. The lowest BCUT2D eigenvalue weighted by molar-refractivity contribution is -0.137. The van der Waals surface area contributed by atoms with Gasteiger partial charge >= 0.3 is 5.97 Å². The number of nitrogens with zero attached hydrogens (tertiary/aromatic N) is 1. The molecule has 0 amide bonds. The summed E-state index contributed by atoms with van der Waals surface area (Å²) in [6.45, 7) is 12.4. The highest BCUT2D eigenvalue weighted by atomic mass is 16.5. The molecular weight excluding hydrogens is 238 g/mol. The molecule has 0 aromatic heterocycles. The van der Waals surface area contributed by atoms with Crippen LogP contribution < -0.4 is 0 Å². The number of carbonyl (C=O) groups is 1. The summed E-state index contributed by atoms with van der Waals surface area (Å²) in [7, 11) is 0. The molecule has 0 aromatic rings. The van der Waals surface area contributed by atoms with E-state index in [9.17, 15) is 4.79 Å². The van der Waals surface area contributed by atoms with Crippen LogP contribution in [0.1, 0.15) is 47.0 Å². The lowest BCUT2D eigenvalue weighted by atomic mass is 9.77. The zero-order chi connectivity index (χ0) is 14.3. The Bertz CT molecular complexity index is 304. The van der Waals surface area contributed by atoms with Gasteiger partial charge in [0.15, 0.2) is 0 Å². The van der Waals surface area contributed by atoms with Crippen LogP contribution >= 0.6 is 0 Å². The normalized spacial score (nSPS) is 22.4. The Morgan fingerprint density at radius 3 is 2.68 bits per heavy atom. The van der Waals surface area contributed by atoms with Crippen LogP contribution in [0.5, 0.6) is 0 Å². The summed E-state index contributed by atoms with van der Waals surface area (Å²) < 4.78 is 4.87. The van der Waals surface area contributed by atoms with Crippen LogP contribution in [0.4, 0.5) is 0 Å². The quantitative estimate of drug-likeness (QED) is 0.578. The SMILES string of the molecule is CCOC(=O)/C=C/CN1CCCC(C(C)(C)C)CC1. The molecule has 0 saturated carbocycles. The Kier molecular flexibility index (Phi) is 6.56. The molecule has 1 heterocycles.